The summed E-state index contributed by atoms with van der Waals surface area (Å²) in [6.07, 6.45) is 3.52. The highest BCUT2D eigenvalue weighted by Gasteiger charge is 2.26. The third kappa shape index (κ3) is 4.55. The highest BCUT2D eigenvalue weighted by molar-refractivity contribution is 6.08. The van der Waals surface area contributed by atoms with Gasteiger partial charge in [-0.05, 0) is 62.1 Å². The molecule has 3 aromatic rings. The smallest absolute Gasteiger partial charge is 0.276 e. The molecule has 0 saturated heterocycles. The topological polar surface area (TPSA) is 85.2 Å². The molecule has 0 atom stereocenters. The molecule has 0 unspecified atom stereocenters. The van der Waals surface area contributed by atoms with Crippen molar-refractivity contribution in [2.75, 3.05) is 25.6 Å². The summed E-state index contributed by atoms with van der Waals surface area (Å²) in [6, 6.07) is 12.9. The zero-order chi connectivity index (χ0) is 22.5. The number of ether oxygens (including phenoxy) is 1. The number of aromatic nitrogens is 2. The molecule has 1 aliphatic carbocycles. The van der Waals surface area contributed by atoms with E-state index in [1.165, 1.54) is 12.1 Å². The van der Waals surface area contributed by atoms with E-state index in [9.17, 15) is 14.0 Å². The van der Waals surface area contributed by atoms with Crippen molar-refractivity contribution in [3.8, 4) is 5.69 Å². The van der Waals surface area contributed by atoms with Gasteiger partial charge in [0.05, 0.1) is 23.5 Å². The Bertz CT molecular complexity index is 1120. The van der Waals surface area contributed by atoms with Gasteiger partial charge in [0, 0.05) is 24.9 Å². The minimum Gasteiger partial charge on any atom is -0.383 e. The maximum absolute atomic E-state index is 13.4. The molecule has 166 valence electrons. The monoisotopic (exact) mass is 436 g/mol. The molecule has 1 aromatic heterocycles. The van der Waals surface area contributed by atoms with Crippen molar-refractivity contribution in [2.24, 2.45) is 0 Å². The largest absolute Gasteiger partial charge is 0.383 e. The van der Waals surface area contributed by atoms with E-state index in [0.717, 1.165) is 36.9 Å². The summed E-state index contributed by atoms with van der Waals surface area (Å²) in [4.78, 5) is 25.8. The number of carbonyl (C=O) groups excluding carboxylic acids is 2. The summed E-state index contributed by atoms with van der Waals surface area (Å²) in [6.45, 7) is 0.764. The number of benzene rings is 2. The summed E-state index contributed by atoms with van der Waals surface area (Å²) in [5.74, 6) is -0.994. The van der Waals surface area contributed by atoms with E-state index in [1.54, 1.807) is 48.2 Å². The number of fused-ring (bicyclic) bond motifs is 1. The van der Waals surface area contributed by atoms with Gasteiger partial charge >= 0.3 is 0 Å². The number of para-hydroxylation sites is 1. The Kier molecular flexibility index (Phi) is 6.61. The Hall–Kier alpha value is -3.52. The lowest BCUT2D eigenvalue weighted by Gasteiger charge is -2.14. The average Bonchev–Trinajstić information content (AvgIpc) is 3.20. The summed E-state index contributed by atoms with van der Waals surface area (Å²) in [7, 11) is 1.56. The molecule has 8 heteroatoms. The molecule has 1 heterocycles. The van der Waals surface area contributed by atoms with Crippen LogP contribution in [0.3, 0.4) is 0 Å². The fourth-order valence-electron chi connectivity index (χ4n) is 3.91. The van der Waals surface area contributed by atoms with E-state index in [0.29, 0.717) is 35.8 Å². The van der Waals surface area contributed by atoms with Crippen LogP contribution in [0.25, 0.3) is 5.69 Å². The lowest BCUT2D eigenvalue weighted by molar-refractivity contribution is 0.0938. The van der Waals surface area contributed by atoms with Crippen LogP contribution in [0.1, 0.15) is 44.9 Å². The van der Waals surface area contributed by atoms with Crippen molar-refractivity contribution in [2.45, 2.75) is 25.7 Å². The Morgan fingerprint density at radius 3 is 2.59 bits per heavy atom. The van der Waals surface area contributed by atoms with E-state index in [4.69, 9.17) is 4.74 Å². The van der Waals surface area contributed by atoms with Crippen LogP contribution in [-0.2, 0) is 17.6 Å². The maximum Gasteiger partial charge on any atom is 0.276 e. The standard InChI is InChI=1S/C24H25FN4O3/c1-32-15-14-26-23(30)18-6-2-4-8-20(18)27-24(31)22-19-7-3-5-9-21(19)29(28-22)17-12-10-16(25)11-13-17/h2,4,6,8,10-13H,3,5,7,9,14-15H2,1H3,(H,26,30)(H,27,31). The molecule has 0 radical (unpaired) electrons. The van der Waals surface area contributed by atoms with Crippen LogP contribution in [0.5, 0.6) is 0 Å². The molecular formula is C24H25FN4O3. The van der Waals surface area contributed by atoms with E-state index in [2.05, 4.69) is 15.7 Å². The van der Waals surface area contributed by atoms with Gasteiger partial charge in [0.25, 0.3) is 11.8 Å². The molecule has 0 bridgehead atoms. The van der Waals surface area contributed by atoms with Crippen LogP contribution in [0.4, 0.5) is 10.1 Å². The van der Waals surface area contributed by atoms with Crippen LogP contribution in [0.2, 0.25) is 0 Å². The summed E-state index contributed by atoms with van der Waals surface area (Å²) < 4.78 is 20.1. The Morgan fingerprint density at radius 1 is 1.06 bits per heavy atom. The fourth-order valence-corrected chi connectivity index (χ4v) is 3.91. The highest BCUT2D eigenvalue weighted by atomic mass is 19.1. The van der Waals surface area contributed by atoms with Gasteiger partial charge < -0.3 is 15.4 Å². The first-order valence-corrected chi connectivity index (χ1v) is 10.6. The number of nitrogens with zero attached hydrogens (tertiary/aromatic N) is 2. The SMILES string of the molecule is COCCNC(=O)c1ccccc1NC(=O)c1nn(-c2ccc(F)cc2)c2c1CCCC2. The highest BCUT2D eigenvalue weighted by Crippen LogP contribution is 2.28. The maximum atomic E-state index is 13.4. The first-order valence-electron chi connectivity index (χ1n) is 10.6. The zero-order valence-corrected chi connectivity index (χ0v) is 17.9. The zero-order valence-electron chi connectivity index (χ0n) is 17.9. The number of methoxy groups -OCH3 is 1. The van der Waals surface area contributed by atoms with Gasteiger partial charge in [0.1, 0.15) is 5.82 Å². The molecule has 0 saturated carbocycles. The van der Waals surface area contributed by atoms with E-state index < -0.39 is 0 Å². The second kappa shape index (κ2) is 9.74. The molecule has 0 aliphatic heterocycles. The molecular weight excluding hydrogens is 411 g/mol. The molecule has 2 N–H and O–H groups in total. The molecule has 1 aliphatic rings. The normalized spacial score (nSPS) is 12.8. The molecule has 32 heavy (non-hydrogen) atoms. The first kappa shape index (κ1) is 21.7. The van der Waals surface area contributed by atoms with Gasteiger partial charge in [0.2, 0.25) is 0 Å². The minimum absolute atomic E-state index is 0.295. The second-order valence-corrected chi connectivity index (χ2v) is 7.62. The van der Waals surface area contributed by atoms with Crippen molar-refractivity contribution in [3.05, 3.63) is 76.9 Å². The first-order chi connectivity index (χ1) is 15.6. The van der Waals surface area contributed by atoms with Gasteiger partial charge in [0.15, 0.2) is 5.69 Å². The molecule has 2 aromatic carbocycles. The average molecular weight is 436 g/mol. The quantitative estimate of drug-likeness (QED) is 0.555. The summed E-state index contributed by atoms with van der Waals surface area (Å²) in [5, 5.41) is 10.2. The van der Waals surface area contributed by atoms with E-state index in [1.807, 2.05) is 0 Å². The van der Waals surface area contributed by atoms with E-state index in [-0.39, 0.29) is 17.6 Å². The molecule has 4 rings (SSSR count). The van der Waals surface area contributed by atoms with Gasteiger partial charge in [-0.2, -0.15) is 5.10 Å². The van der Waals surface area contributed by atoms with Crippen molar-refractivity contribution in [1.82, 2.24) is 15.1 Å². The van der Waals surface area contributed by atoms with Crippen LogP contribution in [-0.4, -0.2) is 41.9 Å². The fraction of sp³-hybridized carbons (Fsp3) is 0.292. The van der Waals surface area contributed by atoms with Crippen molar-refractivity contribution >= 4 is 17.5 Å². The minimum atomic E-state index is -0.374. The number of nitrogens with one attached hydrogen (secondary N) is 2. The Labute approximate surface area is 185 Å². The van der Waals surface area contributed by atoms with E-state index >= 15 is 0 Å². The number of anilines is 1. The number of hydrogen-bond acceptors (Lipinski definition) is 4. The Balaban J connectivity index is 1.62. The third-order valence-corrected chi connectivity index (χ3v) is 5.48. The summed E-state index contributed by atoms with van der Waals surface area (Å²) in [5.41, 5.74) is 3.69. The number of rotatable bonds is 7. The van der Waals surface area contributed by atoms with Crippen LogP contribution >= 0.6 is 0 Å². The number of carbonyl (C=O) groups is 2. The van der Waals surface area contributed by atoms with Gasteiger partial charge in [-0.3, -0.25) is 9.59 Å². The van der Waals surface area contributed by atoms with Gasteiger partial charge in [-0.15, -0.1) is 0 Å². The van der Waals surface area contributed by atoms with Crippen LogP contribution in [0, 0.1) is 5.82 Å². The molecule has 0 fully saturated rings. The predicted octanol–water partition coefficient (Wildman–Crippen LogP) is 3.52. The lowest BCUT2D eigenvalue weighted by Crippen LogP contribution is -2.28. The molecule has 7 nitrogen and oxygen atoms in total. The molecule has 2 amide bonds. The molecule has 0 spiro atoms. The van der Waals surface area contributed by atoms with Crippen molar-refractivity contribution in [1.29, 1.82) is 0 Å². The summed E-state index contributed by atoms with van der Waals surface area (Å²) >= 11 is 0. The lowest BCUT2D eigenvalue weighted by atomic mass is 9.95. The van der Waals surface area contributed by atoms with Crippen molar-refractivity contribution in [3.63, 3.8) is 0 Å². The van der Waals surface area contributed by atoms with Gasteiger partial charge in [-0.1, -0.05) is 12.1 Å². The van der Waals surface area contributed by atoms with Crippen molar-refractivity contribution < 1.29 is 18.7 Å². The van der Waals surface area contributed by atoms with Gasteiger partial charge in [-0.25, -0.2) is 9.07 Å². The van der Waals surface area contributed by atoms with Crippen LogP contribution < -0.4 is 10.6 Å². The number of amides is 2. The Morgan fingerprint density at radius 2 is 1.81 bits per heavy atom. The number of hydrogen-bond donors (Lipinski definition) is 2. The second-order valence-electron chi connectivity index (χ2n) is 7.62. The third-order valence-electron chi connectivity index (χ3n) is 5.48. The predicted molar refractivity (Wildman–Crippen MR) is 119 cm³/mol. The van der Waals surface area contributed by atoms with Crippen LogP contribution in [0.15, 0.2) is 48.5 Å². The number of halogens is 1.